The Kier molecular flexibility index (Phi) is 5.74. The summed E-state index contributed by atoms with van der Waals surface area (Å²) >= 11 is 0. The van der Waals surface area contributed by atoms with Crippen LogP contribution in [0.15, 0.2) is 24.3 Å². The maximum atomic E-state index is 12.0. The fourth-order valence-electron chi connectivity index (χ4n) is 1.98. The van der Waals surface area contributed by atoms with Gasteiger partial charge in [-0.15, -0.1) is 0 Å². The maximum absolute atomic E-state index is 12.0. The van der Waals surface area contributed by atoms with Crippen LogP contribution in [-0.2, 0) is 16.0 Å². The Labute approximate surface area is 115 Å². The van der Waals surface area contributed by atoms with Crippen molar-refractivity contribution in [3.8, 4) is 0 Å². The molecule has 1 aromatic carbocycles. The van der Waals surface area contributed by atoms with E-state index in [1.54, 1.807) is 6.92 Å². The van der Waals surface area contributed by atoms with Crippen LogP contribution in [0.4, 0.5) is 0 Å². The molecule has 0 N–H and O–H groups in total. The van der Waals surface area contributed by atoms with Gasteiger partial charge >= 0.3 is 5.97 Å². The second-order valence-electron chi connectivity index (χ2n) is 5.35. The van der Waals surface area contributed by atoms with E-state index in [2.05, 4.69) is 18.6 Å². The summed E-state index contributed by atoms with van der Waals surface area (Å²) in [4.78, 5) is 23.3. The molecule has 1 aromatic rings. The molecule has 0 amide bonds. The molecular weight excluding hydrogens is 240 g/mol. The van der Waals surface area contributed by atoms with E-state index >= 15 is 0 Å². The Morgan fingerprint density at radius 3 is 2.16 bits per heavy atom. The summed E-state index contributed by atoms with van der Waals surface area (Å²) in [7, 11) is 1.34. The highest BCUT2D eigenvalue weighted by Crippen LogP contribution is 2.14. The summed E-state index contributed by atoms with van der Waals surface area (Å²) in [5.74, 6) is -0.160. The van der Waals surface area contributed by atoms with E-state index in [1.165, 1.54) is 12.7 Å². The molecule has 0 fully saturated rings. The van der Waals surface area contributed by atoms with E-state index < -0.39 is 5.92 Å². The summed E-state index contributed by atoms with van der Waals surface area (Å²) in [6.07, 6.45) is 1.20. The van der Waals surface area contributed by atoms with Crippen molar-refractivity contribution in [1.29, 1.82) is 0 Å². The summed E-state index contributed by atoms with van der Waals surface area (Å²) < 4.78 is 4.62. The van der Waals surface area contributed by atoms with Crippen molar-refractivity contribution in [2.75, 3.05) is 7.11 Å². The van der Waals surface area contributed by atoms with Gasteiger partial charge in [-0.3, -0.25) is 9.59 Å². The van der Waals surface area contributed by atoms with Gasteiger partial charge in [0.15, 0.2) is 5.78 Å². The molecule has 1 rings (SSSR count). The van der Waals surface area contributed by atoms with Crippen LogP contribution in [-0.4, -0.2) is 18.9 Å². The summed E-state index contributed by atoms with van der Waals surface area (Å²) in [6, 6.07) is 7.64. The molecule has 0 saturated heterocycles. The van der Waals surface area contributed by atoms with Crippen LogP contribution in [0.25, 0.3) is 0 Å². The highest BCUT2D eigenvalue weighted by atomic mass is 16.5. The van der Waals surface area contributed by atoms with Crippen molar-refractivity contribution in [3.63, 3.8) is 0 Å². The molecule has 0 heterocycles. The van der Waals surface area contributed by atoms with Crippen molar-refractivity contribution in [2.24, 2.45) is 11.8 Å². The molecule has 1 atom stereocenters. The molecule has 19 heavy (non-hydrogen) atoms. The van der Waals surface area contributed by atoms with E-state index in [1.807, 2.05) is 24.3 Å². The fraction of sp³-hybridized carbons (Fsp3) is 0.500. The van der Waals surface area contributed by atoms with E-state index in [4.69, 9.17) is 0 Å². The number of hydrogen-bond donors (Lipinski definition) is 0. The third-order valence-corrected chi connectivity index (χ3v) is 3.01. The SMILES string of the molecule is COC(=O)C(C)CC(=O)c1ccc(CC(C)C)cc1. The standard InChI is InChI=1S/C16H22O3/c1-11(2)9-13-5-7-14(8-6-13)15(17)10-12(3)16(18)19-4/h5-8,11-12H,9-10H2,1-4H3. The molecule has 0 saturated carbocycles. The lowest BCUT2D eigenvalue weighted by atomic mass is 9.97. The Morgan fingerprint density at radius 2 is 1.68 bits per heavy atom. The fourth-order valence-corrected chi connectivity index (χ4v) is 1.98. The van der Waals surface area contributed by atoms with Crippen molar-refractivity contribution >= 4 is 11.8 Å². The molecular formula is C16H22O3. The molecule has 104 valence electrons. The predicted molar refractivity (Wildman–Crippen MR) is 75.1 cm³/mol. The number of ketones is 1. The number of carbonyl (C=O) groups is 2. The van der Waals surface area contributed by atoms with E-state index in [0.717, 1.165) is 6.42 Å². The van der Waals surface area contributed by atoms with Crippen molar-refractivity contribution in [1.82, 2.24) is 0 Å². The number of methoxy groups -OCH3 is 1. The smallest absolute Gasteiger partial charge is 0.308 e. The van der Waals surface area contributed by atoms with Gasteiger partial charge in [-0.2, -0.15) is 0 Å². The normalized spacial score (nSPS) is 12.3. The summed E-state index contributed by atoms with van der Waals surface area (Å²) in [5, 5.41) is 0. The first-order valence-corrected chi connectivity index (χ1v) is 6.64. The van der Waals surface area contributed by atoms with Crippen LogP contribution in [0.2, 0.25) is 0 Å². The van der Waals surface area contributed by atoms with Gasteiger partial charge in [0, 0.05) is 12.0 Å². The zero-order chi connectivity index (χ0) is 14.4. The molecule has 3 nitrogen and oxygen atoms in total. The highest BCUT2D eigenvalue weighted by molar-refractivity contribution is 5.98. The topological polar surface area (TPSA) is 43.4 Å². The number of esters is 1. The van der Waals surface area contributed by atoms with Gasteiger partial charge in [0.25, 0.3) is 0 Å². The Hall–Kier alpha value is -1.64. The minimum atomic E-state index is -0.396. The molecule has 0 aliphatic carbocycles. The van der Waals surface area contributed by atoms with E-state index in [0.29, 0.717) is 11.5 Å². The first-order chi connectivity index (χ1) is 8.93. The molecule has 0 aliphatic rings. The lowest BCUT2D eigenvalue weighted by molar-refractivity contribution is -0.144. The number of Topliss-reactive ketones (excluding diaryl/α,β-unsaturated/α-hetero) is 1. The third kappa shape index (κ3) is 4.86. The third-order valence-electron chi connectivity index (χ3n) is 3.01. The zero-order valence-corrected chi connectivity index (χ0v) is 12.1. The summed E-state index contributed by atoms with van der Waals surface area (Å²) in [6.45, 7) is 6.03. The van der Waals surface area contributed by atoms with Crippen LogP contribution in [0.5, 0.6) is 0 Å². The Balaban J connectivity index is 2.65. The molecule has 0 radical (unpaired) electrons. The van der Waals surface area contributed by atoms with Crippen molar-refractivity contribution in [3.05, 3.63) is 35.4 Å². The van der Waals surface area contributed by atoms with Gasteiger partial charge in [-0.25, -0.2) is 0 Å². The second kappa shape index (κ2) is 7.07. The van der Waals surface area contributed by atoms with Crippen molar-refractivity contribution in [2.45, 2.75) is 33.6 Å². The molecule has 0 bridgehead atoms. The van der Waals surface area contributed by atoms with Gasteiger partial charge in [-0.05, 0) is 17.9 Å². The number of hydrogen-bond acceptors (Lipinski definition) is 3. The lowest BCUT2D eigenvalue weighted by Gasteiger charge is -2.09. The average Bonchev–Trinajstić information content (AvgIpc) is 2.37. The number of rotatable bonds is 6. The van der Waals surface area contributed by atoms with E-state index in [9.17, 15) is 9.59 Å². The second-order valence-corrected chi connectivity index (χ2v) is 5.35. The first kappa shape index (κ1) is 15.4. The van der Waals surface area contributed by atoms with Gasteiger partial charge in [0.1, 0.15) is 0 Å². The number of carbonyl (C=O) groups excluding carboxylic acids is 2. The summed E-state index contributed by atoms with van der Waals surface area (Å²) in [5.41, 5.74) is 1.89. The maximum Gasteiger partial charge on any atom is 0.308 e. The molecule has 0 spiro atoms. The van der Waals surface area contributed by atoms with Gasteiger partial charge < -0.3 is 4.74 Å². The van der Waals surface area contributed by atoms with Crippen LogP contribution in [0, 0.1) is 11.8 Å². The largest absolute Gasteiger partial charge is 0.469 e. The van der Waals surface area contributed by atoms with Gasteiger partial charge in [-0.1, -0.05) is 45.0 Å². The Bertz CT molecular complexity index is 432. The predicted octanol–water partition coefficient (Wildman–Crippen LogP) is 3.27. The number of benzene rings is 1. The van der Waals surface area contributed by atoms with Gasteiger partial charge in [0.2, 0.25) is 0 Å². The van der Waals surface area contributed by atoms with E-state index in [-0.39, 0.29) is 18.2 Å². The van der Waals surface area contributed by atoms with Crippen LogP contribution < -0.4 is 0 Å². The minimum Gasteiger partial charge on any atom is -0.469 e. The quantitative estimate of drug-likeness (QED) is 0.583. The van der Waals surface area contributed by atoms with Crippen LogP contribution in [0.1, 0.15) is 43.1 Å². The molecule has 3 heteroatoms. The monoisotopic (exact) mass is 262 g/mol. The molecule has 1 unspecified atom stereocenters. The molecule has 0 aliphatic heterocycles. The van der Waals surface area contributed by atoms with Crippen molar-refractivity contribution < 1.29 is 14.3 Å². The number of ether oxygens (including phenoxy) is 1. The van der Waals surface area contributed by atoms with Crippen LogP contribution in [0.3, 0.4) is 0 Å². The first-order valence-electron chi connectivity index (χ1n) is 6.64. The Morgan fingerprint density at radius 1 is 1.11 bits per heavy atom. The molecule has 0 aromatic heterocycles. The van der Waals surface area contributed by atoms with Crippen LogP contribution >= 0.6 is 0 Å². The average molecular weight is 262 g/mol. The minimum absolute atomic E-state index is 0.0194. The lowest BCUT2D eigenvalue weighted by Crippen LogP contribution is -2.16. The van der Waals surface area contributed by atoms with Gasteiger partial charge in [0.05, 0.1) is 13.0 Å². The highest BCUT2D eigenvalue weighted by Gasteiger charge is 2.18. The zero-order valence-electron chi connectivity index (χ0n) is 12.1.